The van der Waals surface area contributed by atoms with Gasteiger partial charge in [-0.1, -0.05) is 47.5 Å². The van der Waals surface area contributed by atoms with Crippen molar-refractivity contribution in [1.82, 2.24) is 10.3 Å². The number of aromatic amines is 1. The second-order valence-corrected chi connectivity index (χ2v) is 5.95. The van der Waals surface area contributed by atoms with Crippen molar-refractivity contribution in [3.05, 3.63) is 70.4 Å². The molecule has 21 heavy (non-hydrogen) atoms. The highest BCUT2D eigenvalue weighted by molar-refractivity contribution is 6.31. The molecule has 1 aromatic heterocycles. The fourth-order valence-electron chi connectivity index (χ4n) is 2.54. The van der Waals surface area contributed by atoms with E-state index in [0.29, 0.717) is 6.04 Å². The molecule has 0 fully saturated rings. The molecule has 0 bridgehead atoms. The maximum atomic E-state index is 6.01. The highest BCUT2D eigenvalue weighted by Gasteiger charge is 2.07. The fourth-order valence-corrected chi connectivity index (χ4v) is 2.71. The second-order valence-electron chi connectivity index (χ2n) is 5.52. The first-order valence-electron chi connectivity index (χ1n) is 7.19. The van der Waals surface area contributed by atoms with Crippen molar-refractivity contribution in [2.24, 2.45) is 0 Å². The van der Waals surface area contributed by atoms with E-state index in [1.807, 2.05) is 12.1 Å². The maximum Gasteiger partial charge on any atom is 0.0472 e. The molecule has 2 N–H and O–H groups in total. The van der Waals surface area contributed by atoms with Gasteiger partial charge in [-0.3, -0.25) is 0 Å². The van der Waals surface area contributed by atoms with Crippen molar-refractivity contribution in [2.45, 2.75) is 26.4 Å². The van der Waals surface area contributed by atoms with Crippen LogP contribution < -0.4 is 5.32 Å². The van der Waals surface area contributed by atoms with Gasteiger partial charge in [0.1, 0.15) is 0 Å². The van der Waals surface area contributed by atoms with Crippen molar-refractivity contribution in [1.29, 1.82) is 0 Å². The summed E-state index contributed by atoms with van der Waals surface area (Å²) in [5.41, 5.74) is 4.95. The first-order valence-corrected chi connectivity index (χ1v) is 7.57. The molecule has 0 saturated carbocycles. The van der Waals surface area contributed by atoms with Gasteiger partial charge in [0, 0.05) is 34.7 Å². The average Bonchev–Trinajstić information content (AvgIpc) is 2.87. The minimum Gasteiger partial charge on any atom is -0.361 e. The van der Waals surface area contributed by atoms with Crippen LogP contribution >= 0.6 is 11.6 Å². The molecule has 0 spiro atoms. The van der Waals surface area contributed by atoms with Crippen LogP contribution in [0.3, 0.4) is 0 Å². The molecule has 2 nitrogen and oxygen atoms in total. The Kier molecular flexibility index (Phi) is 4.00. The number of aryl methyl sites for hydroxylation is 1. The molecule has 3 heteroatoms. The van der Waals surface area contributed by atoms with Crippen LogP contribution in [0.4, 0.5) is 0 Å². The lowest BCUT2D eigenvalue weighted by atomic mass is 10.1. The van der Waals surface area contributed by atoms with Gasteiger partial charge >= 0.3 is 0 Å². The molecule has 0 aliphatic heterocycles. The van der Waals surface area contributed by atoms with E-state index in [2.05, 4.69) is 60.7 Å². The molecule has 0 saturated heterocycles. The Morgan fingerprint density at radius 3 is 2.67 bits per heavy atom. The van der Waals surface area contributed by atoms with Crippen molar-refractivity contribution < 1.29 is 0 Å². The van der Waals surface area contributed by atoms with E-state index in [9.17, 15) is 0 Å². The Hall–Kier alpha value is -1.77. The van der Waals surface area contributed by atoms with Gasteiger partial charge in [-0.05, 0) is 37.1 Å². The van der Waals surface area contributed by atoms with Gasteiger partial charge in [-0.25, -0.2) is 0 Å². The molecule has 1 atom stereocenters. The number of benzene rings is 2. The third-order valence-electron chi connectivity index (χ3n) is 3.91. The highest BCUT2D eigenvalue weighted by atomic mass is 35.5. The second kappa shape index (κ2) is 5.92. The normalized spacial score (nSPS) is 12.7. The van der Waals surface area contributed by atoms with Crippen LogP contribution in [0.5, 0.6) is 0 Å². The lowest BCUT2D eigenvalue weighted by molar-refractivity contribution is 0.576. The van der Waals surface area contributed by atoms with E-state index in [0.717, 1.165) is 17.1 Å². The third-order valence-corrected chi connectivity index (χ3v) is 4.14. The number of aromatic nitrogens is 1. The van der Waals surface area contributed by atoms with Gasteiger partial charge in [-0.2, -0.15) is 0 Å². The molecular weight excluding hydrogens is 280 g/mol. The van der Waals surface area contributed by atoms with Crippen LogP contribution in [0.25, 0.3) is 10.9 Å². The van der Waals surface area contributed by atoms with E-state index >= 15 is 0 Å². The summed E-state index contributed by atoms with van der Waals surface area (Å²) in [6, 6.07) is 15.0. The molecule has 0 aliphatic carbocycles. The molecule has 3 aromatic rings. The molecular formula is C18H19ClN2. The third kappa shape index (κ3) is 3.12. The SMILES string of the molecule is Cc1ccc([C@@H](C)NCc2c[nH]c3cc(Cl)ccc23)cc1. The van der Waals surface area contributed by atoms with E-state index in [4.69, 9.17) is 11.6 Å². The maximum absolute atomic E-state index is 6.01. The van der Waals surface area contributed by atoms with E-state index in [-0.39, 0.29) is 0 Å². The number of hydrogen-bond donors (Lipinski definition) is 2. The van der Waals surface area contributed by atoms with Gasteiger partial charge in [0.2, 0.25) is 0 Å². The predicted molar refractivity (Wildman–Crippen MR) is 89.7 cm³/mol. The Bertz CT molecular complexity index is 744. The van der Waals surface area contributed by atoms with Gasteiger partial charge in [0.15, 0.2) is 0 Å². The summed E-state index contributed by atoms with van der Waals surface area (Å²) >= 11 is 6.01. The van der Waals surface area contributed by atoms with E-state index in [1.165, 1.54) is 22.1 Å². The van der Waals surface area contributed by atoms with Gasteiger partial charge < -0.3 is 10.3 Å². The molecule has 0 radical (unpaired) electrons. The van der Waals surface area contributed by atoms with Crippen LogP contribution in [0.1, 0.15) is 29.7 Å². The average molecular weight is 299 g/mol. The number of rotatable bonds is 4. The van der Waals surface area contributed by atoms with Crippen molar-refractivity contribution >= 4 is 22.5 Å². The first-order chi connectivity index (χ1) is 10.1. The largest absolute Gasteiger partial charge is 0.361 e. The molecule has 2 aromatic carbocycles. The number of hydrogen-bond acceptors (Lipinski definition) is 1. The monoisotopic (exact) mass is 298 g/mol. The first kappa shape index (κ1) is 14.2. The van der Waals surface area contributed by atoms with Crippen LogP contribution in [-0.2, 0) is 6.54 Å². The molecule has 108 valence electrons. The van der Waals surface area contributed by atoms with Gasteiger partial charge in [0.25, 0.3) is 0 Å². The molecule has 0 unspecified atom stereocenters. The summed E-state index contributed by atoms with van der Waals surface area (Å²) in [6.07, 6.45) is 2.05. The summed E-state index contributed by atoms with van der Waals surface area (Å²) in [7, 11) is 0. The minimum atomic E-state index is 0.322. The molecule has 0 aliphatic rings. The fraction of sp³-hybridized carbons (Fsp3) is 0.222. The van der Waals surface area contributed by atoms with Crippen molar-refractivity contribution in [3.63, 3.8) is 0 Å². The lowest BCUT2D eigenvalue weighted by Gasteiger charge is -2.14. The zero-order valence-electron chi connectivity index (χ0n) is 12.3. The number of halogens is 1. The number of H-pyrrole nitrogens is 1. The summed E-state index contributed by atoms with van der Waals surface area (Å²) in [4.78, 5) is 3.28. The summed E-state index contributed by atoms with van der Waals surface area (Å²) in [5, 5.41) is 5.56. The molecule has 3 rings (SSSR count). The van der Waals surface area contributed by atoms with E-state index < -0.39 is 0 Å². The minimum absolute atomic E-state index is 0.322. The summed E-state index contributed by atoms with van der Waals surface area (Å²) in [5.74, 6) is 0. The summed E-state index contributed by atoms with van der Waals surface area (Å²) in [6.45, 7) is 5.13. The van der Waals surface area contributed by atoms with E-state index in [1.54, 1.807) is 0 Å². The Morgan fingerprint density at radius 2 is 1.90 bits per heavy atom. The van der Waals surface area contributed by atoms with Crippen molar-refractivity contribution in [2.75, 3.05) is 0 Å². The highest BCUT2D eigenvalue weighted by Crippen LogP contribution is 2.22. The van der Waals surface area contributed by atoms with Crippen LogP contribution in [0.2, 0.25) is 5.02 Å². The summed E-state index contributed by atoms with van der Waals surface area (Å²) < 4.78 is 0. The molecule has 1 heterocycles. The van der Waals surface area contributed by atoms with Crippen LogP contribution in [0.15, 0.2) is 48.7 Å². The zero-order valence-corrected chi connectivity index (χ0v) is 13.0. The number of fused-ring (bicyclic) bond motifs is 1. The standard InChI is InChI=1S/C18H19ClN2/c1-12-3-5-14(6-4-12)13(2)20-10-15-11-21-18-9-16(19)7-8-17(15)18/h3-9,11,13,20-21H,10H2,1-2H3/t13-/m1/s1. The van der Waals surface area contributed by atoms with Gasteiger partial charge in [0.05, 0.1) is 0 Å². The molecule has 0 amide bonds. The predicted octanol–water partition coefficient (Wildman–Crippen LogP) is 4.98. The Labute approximate surface area is 130 Å². The number of nitrogens with one attached hydrogen (secondary N) is 2. The smallest absolute Gasteiger partial charge is 0.0472 e. The van der Waals surface area contributed by atoms with Crippen LogP contribution in [0, 0.1) is 6.92 Å². The lowest BCUT2D eigenvalue weighted by Crippen LogP contribution is -2.17. The van der Waals surface area contributed by atoms with Crippen molar-refractivity contribution in [3.8, 4) is 0 Å². The topological polar surface area (TPSA) is 27.8 Å². The Morgan fingerprint density at radius 1 is 1.14 bits per heavy atom. The quantitative estimate of drug-likeness (QED) is 0.698. The van der Waals surface area contributed by atoms with Crippen LogP contribution in [-0.4, -0.2) is 4.98 Å². The van der Waals surface area contributed by atoms with Gasteiger partial charge in [-0.15, -0.1) is 0 Å². The Balaban J connectivity index is 1.72. The zero-order chi connectivity index (χ0) is 14.8.